The third-order valence-electron chi connectivity index (χ3n) is 6.51. The van der Waals surface area contributed by atoms with Gasteiger partial charge in [0, 0.05) is 37.3 Å². The Morgan fingerprint density at radius 1 is 1.03 bits per heavy atom. The highest BCUT2D eigenvalue weighted by Gasteiger charge is 2.27. The number of nitrogens with zero attached hydrogens (tertiary/aromatic N) is 1. The average Bonchev–Trinajstić information content (AvgIpc) is 2.86. The molecule has 0 fully saturated rings. The van der Waals surface area contributed by atoms with Crippen LogP contribution in [0.4, 0.5) is 0 Å². The lowest BCUT2D eigenvalue weighted by Crippen LogP contribution is -2.53. The fourth-order valence-corrected chi connectivity index (χ4v) is 4.39. The van der Waals surface area contributed by atoms with E-state index >= 15 is 0 Å². The zero-order valence-corrected chi connectivity index (χ0v) is 20.9. The molecule has 2 unspecified atom stereocenters. The minimum absolute atomic E-state index is 0.0709. The lowest BCUT2D eigenvalue weighted by atomic mass is 9.98. The molecule has 0 spiro atoms. The number of benzene rings is 2. The molecule has 2 aromatic carbocycles. The Morgan fingerprint density at radius 3 is 2.26 bits per heavy atom. The summed E-state index contributed by atoms with van der Waals surface area (Å²) < 4.78 is 10.5. The molecule has 2 atom stereocenters. The summed E-state index contributed by atoms with van der Waals surface area (Å²) >= 11 is 0. The van der Waals surface area contributed by atoms with Crippen LogP contribution >= 0.6 is 0 Å². The molecule has 0 saturated carbocycles. The zero-order valence-electron chi connectivity index (χ0n) is 20.9. The van der Waals surface area contributed by atoms with Crippen molar-refractivity contribution in [3.8, 4) is 11.5 Å². The molecule has 184 valence electrons. The molecule has 2 amide bonds. The molecule has 7 nitrogen and oxygen atoms in total. The highest BCUT2D eigenvalue weighted by Crippen LogP contribution is 2.23. The van der Waals surface area contributed by atoms with Crippen LogP contribution in [0.25, 0.3) is 0 Å². The van der Waals surface area contributed by atoms with Gasteiger partial charge in [0.15, 0.2) is 0 Å². The van der Waals surface area contributed by atoms with Crippen molar-refractivity contribution in [3.05, 3.63) is 59.2 Å². The predicted octanol–water partition coefficient (Wildman–Crippen LogP) is 3.41. The van der Waals surface area contributed by atoms with Gasteiger partial charge in [-0.1, -0.05) is 45.0 Å². The van der Waals surface area contributed by atoms with E-state index < -0.39 is 6.04 Å². The van der Waals surface area contributed by atoms with Gasteiger partial charge in [-0.05, 0) is 42.0 Å². The summed E-state index contributed by atoms with van der Waals surface area (Å²) in [4.78, 5) is 28.5. The maximum atomic E-state index is 13.1. The Labute approximate surface area is 202 Å². The van der Waals surface area contributed by atoms with Gasteiger partial charge < -0.3 is 20.1 Å². The van der Waals surface area contributed by atoms with Crippen LogP contribution < -0.4 is 20.1 Å². The molecule has 1 aliphatic rings. The summed E-state index contributed by atoms with van der Waals surface area (Å²) in [5.74, 6) is 0.450. The number of methoxy groups -OCH3 is 2. The standard InChI is InChI=1S/C27H37N3O4/c1-6-22(30-12-11-19-9-7-8-10-20(19)17-30)16-28-27(32)25(18(2)3)29-26(31)21-13-23(33-4)15-24(14-21)34-5/h7-10,13-15,18,22,25H,6,11-12,16-17H2,1-5H3,(H,28,32)(H,29,31). The first kappa shape index (κ1) is 25.6. The van der Waals surface area contributed by atoms with E-state index in [4.69, 9.17) is 9.47 Å². The van der Waals surface area contributed by atoms with Gasteiger partial charge in [0.2, 0.25) is 5.91 Å². The number of amides is 2. The minimum atomic E-state index is -0.649. The van der Waals surface area contributed by atoms with E-state index in [1.165, 1.54) is 25.3 Å². The SMILES string of the molecule is CCC(CNC(=O)C(NC(=O)c1cc(OC)cc(OC)c1)C(C)C)N1CCc2ccccc2C1. The van der Waals surface area contributed by atoms with Gasteiger partial charge in [-0.15, -0.1) is 0 Å². The second-order valence-corrected chi connectivity index (χ2v) is 9.09. The lowest BCUT2D eigenvalue weighted by molar-refractivity contribution is -0.124. The Balaban J connectivity index is 1.63. The van der Waals surface area contributed by atoms with Crippen LogP contribution in [-0.4, -0.2) is 56.1 Å². The summed E-state index contributed by atoms with van der Waals surface area (Å²) in [5.41, 5.74) is 3.15. The molecule has 0 radical (unpaired) electrons. The topological polar surface area (TPSA) is 79.9 Å². The summed E-state index contributed by atoms with van der Waals surface area (Å²) in [7, 11) is 3.07. The molecule has 7 heteroatoms. The average molecular weight is 468 g/mol. The molecule has 2 aromatic rings. The van der Waals surface area contributed by atoms with Crippen molar-refractivity contribution >= 4 is 11.8 Å². The van der Waals surface area contributed by atoms with Crippen LogP contribution in [0.3, 0.4) is 0 Å². The van der Waals surface area contributed by atoms with Crippen LogP contribution in [0.15, 0.2) is 42.5 Å². The normalized spacial score (nSPS) is 15.2. The van der Waals surface area contributed by atoms with Crippen LogP contribution in [0, 0.1) is 5.92 Å². The van der Waals surface area contributed by atoms with Crippen LogP contribution in [0.5, 0.6) is 11.5 Å². The van der Waals surface area contributed by atoms with E-state index in [1.54, 1.807) is 18.2 Å². The quantitative estimate of drug-likeness (QED) is 0.560. The monoisotopic (exact) mass is 467 g/mol. The lowest BCUT2D eigenvalue weighted by Gasteiger charge is -2.35. The zero-order chi connectivity index (χ0) is 24.7. The number of carbonyl (C=O) groups is 2. The Morgan fingerprint density at radius 2 is 1.68 bits per heavy atom. The third-order valence-corrected chi connectivity index (χ3v) is 6.51. The smallest absolute Gasteiger partial charge is 0.252 e. The Bertz CT molecular complexity index is 969. The highest BCUT2D eigenvalue weighted by molar-refractivity contribution is 5.98. The van der Waals surface area contributed by atoms with Crippen molar-refractivity contribution in [1.29, 1.82) is 0 Å². The molecule has 34 heavy (non-hydrogen) atoms. The predicted molar refractivity (Wildman–Crippen MR) is 133 cm³/mol. The third kappa shape index (κ3) is 6.29. The van der Waals surface area contributed by atoms with E-state index in [2.05, 4.69) is 46.7 Å². The fourth-order valence-electron chi connectivity index (χ4n) is 4.39. The Kier molecular flexibility index (Phi) is 8.93. The number of rotatable bonds is 10. The van der Waals surface area contributed by atoms with Gasteiger partial charge in [0.05, 0.1) is 14.2 Å². The van der Waals surface area contributed by atoms with Crippen LogP contribution in [0.2, 0.25) is 0 Å². The molecule has 0 saturated heterocycles. The Hall–Kier alpha value is -3.06. The second kappa shape index (κ2) is 11.9. The van der Waals surface area contributed by atoms with Gasteiger partial charge in [0.1, 0.15) is 17.5 Å². The summed E-state index contributed by atoms with van der Waals surface area (Å²) in [6.07, 6.45) is 1.96. The van der Waals surface area contributed by atoms with Gasteiger partial charge >= 0.3 is 0 Å². The molecular weight excluding hydrogens is 430 g/mol. The molecule has 1 aliphatic heterocycles. The van der Waals surface area contributed by atoms with Crippen molar-refractivity contribution in [3.63, 3.8) is 0 Å². The molecule has 2 N–H and O–H groups in total. The van der Waals surface area contributed by atoms with Gasteiger partial charge in [-0.25, -0.2) is 0 Å². The van der Waals surface area contributed by atoms with Crippen LogP contribution in [-0.2, 0) is 17.8 Å². The van der Waals surface area contributed by atoms with E-state index in [-0.39, 0.29) is 23.8 Å². The van der Waals surface area contributed by atoms with Crippen molar-refractivity contribution in [1.82, 2.24) is 15.5 Å². The number of hydrogen-bond donors (Lipinski definition) is 2. The maximum absolute atomic E-state index is 13.1. The van der Waals surface area contributed by atoms with E-state index in [9.17, 15) is 9.59 Å². The first-order valence-corrected chi connectivity index (χ1v) is 12.0. The largest absolute Gasteiger partial charge is 0.497 e. The number of hydrogen-bond acceptors (Lipinski definition) is 5. The number of ether oxygens (including phenoxy) is 2. The maximum Gasteiger partial charge on any atom is 0.252 e. The van der Waals surface area contributed by atoms with Gasteiger partial charge in [-0.3, -0.25) is 14.5 Å². The molecule has 0 aliphatic carbocycles. The number of fused-ring (bicyclic) bond motifs is 1. The highest BCUT2D eigenvalue weighted by atomic mass is 16.5. The molecule has 1 heterocycles. The molecule has 3 rings (SSSR count). The summed E-state index contributed by atoms with van der Waals surface area (Å²) in [6.45, 7) is 8.42. The second-order valence-electron chi connectivity index (χ2n) is 9.09. The molecule has 0 bridgehead atoms. The number of nitrogens with one attached hydrogen (secondary N) is 2. The van der Waals surface area contributed by atoms with E-state index in [1.807, 2.05) is 13.8 Å². The van der Waals surface area contributed by atoms with Gasteiger partial charge in [0.25, 0.3) is 5.91 Å². The molecule has 0 aromatic heterocycles. The van der Waals surface area contributed by atoms with Crippen molar-refractivity contribution in [2.24, 2.45) is 5.92 Å². The first-order valence-electron chi connectivity index (χ1n) is 12.0. The summed E-state index contributed by atoms with van der Waals surface area (Å²) in [5, 5.41) is 5.99. The van der Waals surface area contributed by atoms with Crippen molar-refractivity contribution in [2.75, 3.05) is 27.3 Å². The minimum Gasteiger partial charge on any atom is -0.497 e. The number of carbonyl (C=O) groups excluding carboxylic acids is 2. The summed E-state index contributed by atoms with van der Waals surface area (Å²) in [6, 6.07) is 13.1. The van der Waals surface area contributed by atoms with Crippen molar-refractivity contribution in [2.45, 2.75) is 52.2 Å². The van der Waals surface area contributed by atoms with E-state index in [0.29, 0.717) is 23.6 Å². The van der Waals surface area contributed by atoms with E-state index in [0.717, 1.165) is 25.9 Å². The fraction of sp³-hybridized carbons (Fsp3) is 0.481. The van der Waals surface area contributed by atoms with Crippen LogP contribution in [0.1, 0.15) is 48.7 Å². The van der Waals surface area contributed by atoms with Gasteiger partial charge in [-0.2, -0.15) is 0 Å². The first-order chi connectivity index (χ1) is 16.4. The van der Waals surface area contributed by atoms with Crippen molar-refractivity contribution < 1.29 is 19.1 Å². The molecular formula is C27H37N3O4.